The van der Waals surface area contributed by atoms with E-state index in [9.17, 15) is 22.8 Å². The Labute approximate surface area is 173 Å². The van der Waals surface area contributed by atoms with Crippen molar-refractivity contribution < 1.29 is 22.8 Å². The molecule has 0 heterocycles. The summed E-state index contributed by atoms with van der Waals surface area (Å²) in [6.45, 7) is 0.709. The first-order valence-corrected chi connectivity index (χ1v) is 8.79. The molecule has 0 aliphatic heterocycles. The van der Waals surface area contributed by atoms with E-state index in [0.29, 0.717) is 26.1 Å². The molecule has 2 aromatic rings. The maximum Gasteiger partial charge on any atom is 0.417 e. The predicted molar refractivity (Wildman–Crippen MR) is 107 cm³/mol. The lowest BCUT2D eigenvalue weighted by Gasteiger charge is -2.23. The summed E-state index contributed by atoms with van der Waals surface area (Å²) in [7, 11) is 0. The monoisotopic (exact) mass is 429 g/mol. The summed E-state index contributed by atoms with van der Waals surface area (Å²) in [6, 6.07) is 13.7. The van der Waals surface area contributed by atoms with E-state index in [4.69, 9.17) is 5.73 Å². The standard InChI is InChI=1S/C20H22F3N3O2.ClH/c21-20(22,23)17-10-5-4-9-16(17)19(28)25-13-18(27)26(12-6-11-24)14-15-7-2-1-3-8-15;/h1-5,7-10H,6,11-14,24H2,(H,25,28);1H. The van der Waals surface area contributed by atoms with Gasteiger partial charge in [0, 0.05) is 13.1 Å². The molecule has 0 saturated carbocycles. The van der Waals surface area contributed by atoms with E-state index in [2.05, 4.69) is 5.32 Å². The lowest BCUT2D eigenvalue weighted by molar-refractivity contribution is -0.137. The summed E-state index contributed by atoms with van der Waals surface area (Å²) in [5.74, 6) is -1.34. The Kier molecular flexibility index (Phi) is 9.64. The van der Waals surface area contributed by atoms with Crippen LogP contribution in [0.3, 0.4) is 0 Å². The number of halogens is 4. The van der Waals surface area contributed by atoms with Gasteiger partial charge in [-0.2, -0.15) is 13.2 Å². The second-order valence-corrected chi connectivity index (χ2v) is 6.17. The summed E-state index contributed by atoms with van der Waals surface area (Å²) in [5.41, 5.74) is 4.86. The van der Waals surface area contributed by atoms with Crippen LogP contribution in [-0.4, -0.2) is 36.3 Å². The molecule has 9 heteroatoms. The van der Waals surface area contributed by atoms with Gasteiger partial charge in [0.25, 0.3) is 5.91 Å². The van der Waals surface area contributed by atoms with Crippen molar-refractivity contribution in [1.82, 2.24) is 10.2 Å². The minimum Gasteiger partial charge on any atom is -0.343 e. The molecule has 2 amide bonds. The Morgan fingerprint density at radius 3 is 2.24 bits per heavy atom. The number of hydrogen-bond donors (Lipinski definition) is 2. The van der Waals surface area contributed by atoms with E-state index in [1.54, 1.807) is 0 Å². The number of nitrogens with one attached hydrogen (secondary N) is 1. The fraction of sp³-hybridized carbons (Fsp3) is 0.300. The maximum atomic E-state index is 13.1. The molecule has 0 fully saturated rings. The van der Waals surface area contributed by atoms with Gasteiger partial charge in [0.1, 0.15) is 0 Å². The van der Waals surface area contributed by atoms with Crippen LogP contribution in [0.4, 0.5) is 13.2 Å². The molecule has 3 N–H and O–H groups in total. The Morgan fingerprint density at radius 2 is 1.62 bits per heavy atom. The van der Waals surface area contributed by atoms with Gasteiger partial charge in [0.2, 0.25) is 5.91 Å². The van der Waals surface area contributed by atoms with Crippen molar-refractivity contribution in [2.45, 2.75) is 19.1 Å². The van der Waals surface area contributed by atoms with E-state index >= 15 is 0 Å². The lowest BCUT2D eigenvalue weighted by atomic mass is 10.1. The molecule has 0 aliphatic rings. The molecule has 0 bridgehead atoms. The van der Waals surface area contributed by atoms with Gasteiger partial charge in [-0.05, 0) is 30.7 Å². The third-order valence-corrected chi connectivity index (χ3v) is 4.08. The van der Waals surface area contributed by atoms with Crippen LogP contribution in [0.15, 0.2) is 54.6 Å². The first kappa shape index (κ1) is 24.5. The van der Waals surface area contributed by atoms with Crippen LogP contribution in [0.2, 0.25) is 0 Å². The summed E-state index contributed by atoms with van der Waals surface area (Å²) < 4.78 is 39.2. The van der Waals surface area contributed by atoms with Crippen molar-refractivity contribution in [2.75, 3.05) is 19.6 Å². The third kappa shape index (κ3) is 7.40. The highest BCUT2D eigenvalue weighted by Gasteiger charge is 2.34. The number of nitrogens with zero attached hydrogens (tertiary/aromatic N) is 1. The zero-order chi connectivity index (χ0) is 20.6. The fourth-order valence-electron chi connectivity index (χ4n) is 2.67. The highest BCUT2D eigenvalue weighted by Crippen LogP contribution is 2.31. The van der Waals surface area contributed by atoms with Crippen LogP contribution in [-0.2, 0) is 17.5 Å². The van der Waals surface area contributed by atoms with Gasteiger partial charge in [-0.1, -0.05) is 42.5 Å². The van der Waals surface area contributed by atoms with Gasteiger partial charge in [-0.25, -0.2) is 0 Å². The Bertz CT molecular complexity index is 801. The molecule has 2 aromatic carbocycles. The Morgan fingerprint density at radius 1 is 1.00 bits per heavy atom. The Hall–Kier alpha value is -2.58. The number of rotatable bonds is 8. The molecule has 0 aromatic heterocycles. The molecular weight excluding hydrogens is 407 g/mol. The zero-order valence-electron chi connectivity index (χ0n) is 15.6. The normalized spacial score (nSPS) is 10.8. The molecule has 0 unspecified atom stereocenters. The molecule has 0 aliphatic carbocycles. The largest absolute Gasteiger partial charge is 0.417 e. The van der Waals surface area contributed by atoms with Gasteiger partial charge in [0.05, 0.1) is 17.7 Å². The maximum absolute atomic E-state index is 13.1. The van der Waals surface area contributed by atoms with Gasteiger partial charge in [-0.3, -0.25) is 9.59 Å². The molecule has 5 nitrogen and oxygen atoms in total. The SMILES string of the molecule is Cl.NCCCN(Cc1ccccc1)C(=O)CNC(=O)c1ccccc1C(F)(F)F. The summed E-state index contributed by atoms with van der Waals surface area (Å²) >= 11 is 0. The number of alkyl halides is 3. The molecule has 0 radical (unpaired) electrons. The van der Waals surface area contributed by atoms with Crippen LogP contribution in [0, 0.1) is 0 Å². The molecule has 29 heavy (non-hydrogen) atoms. The van der Waals surface area contributed by atoms with E-state index in [0.717, 1.165) is 17.7 Å². The first-order chi connectivity index (χ1) is 13.3. The topological polar surface area (TPSA) is 75.4 Å². The van der Waals surface area contributed by atoms with E-state index in [-0.39, 0.29) is 12.4 Å². The number of benzene rings is 2. The summed E-state index contributed by atoms with van der Waals surface area (Å²) in [4.78, 5) is 26.3. The van der Waals surface area contributed by atoms with Crippen molar-refractivity contribution in [3.8, 4) is 0 Å². The van der Waals surface area contributed by atoms with Crippen LogP contribution < -0.4 is 11.1 Å². The minimum atomic E-state index is -4.65. The zero-order valence-corrected chi connectivity index (χ0v) is 16.4. The number of carbonyl (C=O) groups excluding carboxylic acids is 2. The third-order valence-electron chi connectivity index (χ3n) is 4.08. The highest BCUT2D eigenvalue weighted by molar-refractivity contribution is 5.97. The van der Waals surface area contributed by atoms with Crippen molar-refractivity contribution in [3.63, 3.8) is 0 Å². The van der Waals surface area contributed by atoms with Crippen molar-refractivity contribution in [3.05, 3.63) is 71.3 Å². The molecule has 2 rings (SSSR count). The molecule has 158 valence electrons. The quantitative estimate of drug-likeness (QED) is 0.676. The second kappa shape index (κ2) is 11.4. The summed E-state index contributed by atoms with van der Waals surface area (Å²) in [6.07, 6.45) is -4.08. The fourth-order valence-corrected chi connectivity index (χ4v) is 2.67. The smallest absolute Gasteiger partial charge is 0.343 e. The first-order valence-electron chi connectivity index (χ1n) is 8.79. The van der Waals surface area contributed by atoms with Gasteiger partial charge in [0.15, 0.2) is 0 Å². The number of amides is 2. The average molecular weight is 430 g/mol. The van der Waals surface area contributed by atoms with Crippen LogP contribution in [0.25, 0.3) is 0 Å². The predicted octanol–water partition coefficient (Wildman–Crippen LogP) is 3.23. The van der Waals surface area contributed by atoms with Crippen LogP contribution in [0.1, 0.15) is 27.9 Å². The van der Waals surface area contributed by atoms with Crippen molar-refractivity contribution in [1.29, 1.82) is 0 Å². The van der Waals surface area contributed by atoms with Gasteiger partial charge >= 0.3 is 6.18 Å². The van der Waals surface area contributed by atoms with Gasteiger partial charge < -0.3 is 16.0 Å². The number of hydrogen-bond acceptors (Lipinski definition) is 3. The van der Waals surface area contributed by atoms with E-state index in [1.807, 2.05) is 30.3 Å². The van der Waals surface area contributed by atoms with Crippen molar-refractivity contribution in [2.24, 2.45) is 5.73 Å². The lowest BCUT2D eigenvalue weighted by Crippen LogP contribution is -2.41. The number of nitrogens with two attached hydrogens (primary N) is 1. The molecule has 0 saturated heterocycles. The summed E-state index contributed by atoms with van der Waals surface area (Å²) in [5, 5.41) is 2.29. The van der Waals surface area contributed by atoms with Crippen LogP contribution in [0.5, 0.6) is 0 Å². The second-order valence-electron chi connectivity index (χ2n) is 6.17. The minimum absolute atomic E-state index is 0. The van der Waals surface area contributed by atoms with E-state index < -0.39 is 35.7 Å². The van der Waals surface area contributed by atoms with Crippen LogP contribution >= 0.6 is 12.4 Å². The highest BCUT2D eigenvalue weighted by atomic mass is 35.5. The molecular formula is C20H23ClF3N3O2. The van der Waals surface area contributed by atoms with E-state index in [1.165, 1.54) is 17.0 Å². The molecule has 0 spiro atoms. The van der Waals surface area contributed by atoms with Crippen molar-refractivity contribution >= 4 is 24.2 Å². The molecule has 0 atom stereocenters. The number of carbonyl (C=O) groups is 2. The van der Waals surface area contributed by atoms with Gasteiger partial charge in [-0.15, -0.1) is 12.4 Å². The average Bonchev–Trinajstić information content (AvgIpc) is 2.69. The Balaban J connectivity index is 0.00000420.